The zero-order valence-electron chi connectivity index (χ0n) is 17.9. The number of aliphatic hydroxyl groups excluding tert-OH is 1. The van der Waals surface area contributed by atoms with E-state index in [1.165, 1.54) is 10.4 Å². The predicted octanol–water partition coefficient (Wildman–Crippen LogP) is 3.62. The van der Waals surface area contributed by atoms with Crippen LogP contribution in [0.5, 0.6) is 5.75 Å². The molecule has 0 atom stereocenters. The standard InChI is InChI=1S/C23H30N2O4S/c1-22(2,15-26)13-21(27)25-9-7-23(8-10-25)17-12-20(30-19(17)6-11-29-23)18-5-4-16(28-3)14-24-18/h4-5,12,14,26H,6-11,13,15H2,1-3H3. The monoisotopic (exact) mass is 430 g/mol. The highest BCUT2D eigenvalue weighted by Gasteiger charge is 2.43. The van der Waals surface area contributed by atoms with Gasteiger partial charge in [0.2, 0.25) is 5.91 Å². The fourth-order valence-corrected chi connectivity index (χ4v) is 5.51. The minimum absolute atomic E-state index is 0.0140. The summed E-state index contributed by atoms with van der Waals surface area (Å²) in [4.78, 5) is 21.7. The first-order valence-corrected chi connectivity index (χ1v) is 11.3. The Morgan fingerprint density at radius 1 is 1.37 bits per heavy atom. The van der Waals surface area contributed by atoms with Crippen molar-refractivity contribution in [3.05, 3.63) is 34.8 Å². The largest absolute Gasteiger partial charge is 0.495 e. The van der Waals surface area contributed by atoms with Crippen LogP contribution in [0.15, 0.2) is 24.4 Å². The Labute approximate surface area is 181 Å². The SMILES string of the molecule is COc1ccc(-c2cc3c(s2)CCOC32CCN(C(=O)CC(C)(C)CO)CC2)nc1. The van der Waals surface area contributed by atoms with E-state index in [-0.39, 0.29) is 23.5 Å². The summed E-state index contributed by atoms with van der Waals surface area (Å²) in [6.45, 7) is 5.95. The molecule has 2 aliphatic heterocycles. The van der Waals surface area contributed by atoms with E-state index in [0.717, 1.165) is 35.6 Å². The Balaban J connectivity index is 1.51. The topological polar surface area (TPSA) is 71.9 Å². The number of piperidine rings is 1. The number of ether oxygens (including phenoxy) is 2. The van der Waals surface area contributed by atoms with E-state index < -0.39 is 0 Å². The lowest BCUT2D eigenvalue weighted by molar-refractivity contribution is -0.143. The van der Waals surface area contributed by atoms with Crippen molar-refractivity contribution in [1.82, 2.24) is 9.88 Å². The Kier molecular flexibility index (Phi) is 5.88. The molecular formula is C23H30N2O4S. The number of aliphatic hydroxyl groups is 1. The van der Waals surface area contributed by atoms with E-state index in [0.29, 0.717) is 26.1 Å². The molecule has 1 amide bonds. The Morgan fingerprint density at radius 3 is 2.77 bits per heavy atom. The van der Waals surface area contributed by atoms with Crippen LogP contribution in [0.4, 0.5) is 0 Å². The molecule has 1 N–H and O–H groups in total. The zero-order chi connectivity index (χ0) is 21.4. The molecule has 7 heteroatoms. The smallest absolute Gasteiger partial charge is 0.223 e. The maximum atomic E-state index is 12.7. The number of methoxy groups -OCH3 is 1. The van der Waals surface area contributed by atoms with Crippen LogP contribution in [0, 0.1) is 5.41 Å². The molecule has 0 aromatic carbocycles. The van der Waals surface area contributed by atoms with Crippen molar-refractivity contribution in [2.24, 2.45) is 5.41 Å². The molecule has 0 aliphatic carbocycles. The molecule has 0 radical (unpaired) electrons. The molecule has 4 rings (SSSR count). The van der Waals surface area contributed by atoms with E-state index in [9.17, 15) is 9.90 Å². The Morgan fingerprint density at radius 2 is 2.13 bits per heavy atom. The second-order valence-electron chi connectivity index (χ2n) is 9.00. The molecule has 2 aliphatic rings. The molecule has 6 nitrogen and oxygen atoms in total. The molecule has 0 bridgehead atoms. The van der Waals surface area contributed by atoms with Gasteiger partial charge in [-0.05, 0) is 42.0 Å². The number of pyridine rings is 1. The third-order valence-electron chi connectivity index (χ3n) is 6.21. The zero-order valence-corrected chi connectivity index (χ0v) is 18.8. The second kappa shape index (κ2) is 8.29. The van der Waals surface area contributed by atoms with Crippen LogP contribution in [0.3, 0.4) is 0 Å². The molecule has 2 aromatic rings. The third-order valence-corrected chi connectivity index (χ3v) is 7.43. The lowest BCUT2D eigenvalue weighted by Crippen LogP contribution is -2.48. The maximum Gasteiger partial charge on any atom is 0.223 e. The maximum absolute atomic E-state index is 12.7. The van der Waals surface area contributed by atoms with Crippen molar-refractivity contribution in [3.63, 3.8) is 0 Å². The highest BCUT2D eigenvalue weighted by Crippen LogP contribution is 2.46. The predicted molar refractivity (Wildman–Crippen MR) is 117 cm³/mol. The number of thiophene rings is 1. The molecule has 2 aromatic heterocycles. The molecule has 1 fully saturated rings. The first-order valence-electron chi connectivity index (χ1n) is 10.5. The Hall–Kier alpha value is -1.96. The minimum atomic E-state index is -0.381. The summed E-state index contributed by atoms with van der Waals surface area (Å²) in [6, 6.07) is 6.17. The van der Waals surface area contributed by atoms with Gasteiger partial charge in [0.15, 0.2) is 0 Å². The quantitative estimate of drug-likeness (QED) is 0.785. The number of likely N-dealkylation sites (tertiary alicyclic amines) is 1. The van der Waals surface area contributed by atoms with Crippen molar-refractivity contribution < 1.29 is 19.4 Å². The molecule has 30 heavy (non-hydrogen) atoms. The number of fused-ring (bicyclic) bond motifs is 2. The summed E-state index contributed by atoms with van der Waals surface area (Å²) in [5, 5.41) is 9.47. The van der Waals surface area contributed by atoms with Gasteiger partial charge in [-0.15, -0.1) is 11.3 Å². The van der Waals surface area contributed by atoms with Crippen LogP contribution < -0.4 is 4.74 Å². The van der Waals surface area contributed by atoms with Gasteiger partial charge in [0.05, 0.1) is 36.1 Å². The summed E-state index contributed by atoms with van der Waals surface area (Å²) >= 11 is 1.80. The van der Waals surface area contributed by atoms with Gasteiger partial charge < -0.3 is 19.5 Å². The van der Waals surface area contributed by atoms with Crippen LogP contribution in [-0.2, 0) is 21.6 Å². The number of rotatable bonds is 5. The van der Waals surface area contributed by atoms with Gasteiger partial charge in [-0.1, -0.05) is 13.8 Å². The highest BCUT2D eigenvalue weighted by atomic mass is 32.1. The lowest BCUT2D eigenvalue weighted by Gasteiger charge is -2.44. The molecule has 0 unspecified atom stereocenters. The van der Waals surface area contributed by atoms with Gasteiger partial charge in [-0.25, -0.2) is 0 Å². The summed E-state index contributed by atoms with van der Waals surface area (Å²) in [5.74, 6) is 0.870. The molecule has 1 spiro atoms. The Bertz CT molecular complexity index is 898. The molecule has 162 valence electrons. The van der Waals surface area contributed by atoms with E-state index in [2.05, 4.69) is 11.1 Å². The lowest BCUT2D eigenvalue weighted by atomic mass is 9.81. The fourth-order valence-electron chi connectivity index (χ4n) is 4.30. The van der Waals surface area contributed by atoms with Gasteiger partial charge in [0.25, 0.3) is 0 Å². The number of amides is 1. The van der Waals surface area contributed by atoms with E-state index in [1.807, 2.05) is 30.9 Å². The number of aromatic nitrogens is 1. The summed E-state index contributed by atoms with van der Waals surface area (Å²) in [6.07, 6.45) is 4.65. The number of hydrogen-bond donors (Lipinski definition) is 1. The molecule has 1 saturated heterocycles. The number of carbonyl (C=O) groups excluding carboxylic acids is 1. The normalized spacial score (nSPS) is 18.3. The van der Waals surface area contributed by atoms with Gasteiger partial charge in [0.1, 0.15) is 5.75 Å². The summed E-state index contributed by atoms with van der Waals surface area (Å²) in [7, 11) is 1.64. The third kappa shape index (κ3) is 4.11. The molecular weight excluding hydrogens is 400 g/mol. The number of nitrogens with zero attached hydrogens (tertiary/aromatic N) is 2. The van der Waals surface area contributed by atoms with Crippen LogP contribution >= 0.6 is 11.3 Å². The van der Waals surface area contributed by atoms with Gasteiger partial charge >= 0.3 is 0 Å². The van der Waals surface area contributed by atoms with Crippen LogP contribution in [0.1, 0.15) is 43.6 Å². The number of hydrogen-bond acceptors (Lipinski definition) is 6. The van der Waals surface area contributed by atoms with E-state index in [1.54, 1.807) is 24.6 Å². The first-order chi connectivity index (χ1) is 14.4. The van der Waals surface area contributed by atoms with Crippen molar-refractivity contribution in [3.8, 4) is 16.3 Å². The van der Waals surface area contributed by atoms with Crippen LogP contribution in [0.2, 0.25) is 0 Å². The van der Waals surface area contributed by atoms with Crippen molar-refractivity contribution >= 4 is 17.2 Å². The van der Waals surface area contributed by atoms with Crippen LogP contribution in [0.25, 0.3) is 10.6 Å². The average molecular weight is 431 g/mol. The highest BCUT2D eigenvalue weighted by molar-refractivity contribution is 7.15. The molecule has 4 heterocycles. The van der Waals surface area contributed by atoms with Gasteiger partial charge in [-0.2, -0.15) is 0 Å². The fraction of sp³-hybridized carbons (Fsp3) is 0.565. The van der Waals surface area contributed by atoms with Crippen molar-refractivity contribution in [1.29, 1.82) is 0 Å². The van der Waals surface area contributed by atoms with Crippen LogP contribution in [-0.4, -0.2) is 54.3 Å². The summed E-state index contributed by atoms with van der Waals surface area (Å²) in [5.41, 5.74) is 1.53. The second-order valence-corrected chi connectivity index (χ2v) is 10.1. The minimum Gasteiger partial charge on any atom is -0.495 e. The van der Waals surface area contributed by atoms with E-state index >= 15 is 0 Å². The number of carbonyl (C=O) groups is 1. The van der Waals surface area contributed by atoms with E-state index in [4.69, 9.17) is 9.47 Å². The van der Waals surface area contributed by atoms with Gasteiger partial charge in [-0.3, -0.25) is 9.78 Å². The van der Waals surface area contributed by atoms with Gasteiger partial charge in [0, 0.05) is 37.4 Å². The van der Waals surface area contributed by atoms with Crippen molar-refractivity contribution in [2.75, 3.05) is 33.4 Å². The van der Waals surface area contributed by atoms with Crippen molar-refractivity contribution in [2.45, 2.75) is 45.1 Å². The molecule has 0 saturated carbocycles. The first kappa shape index (κ1) is 21.3. The summed E-state index contributed by atoms with van der Waals surface area (Å²) < 4.78 is 11.6. The average Bonchev–Trinajstić information content (AvgIpc) is 3.20.